The molecule has 16 nitrogen and oxygen atoms in total. The van der Waals surface area contributed by atoms with E-state index in [-0.39, 0.29) is 124 Å². The summed E-state index contributed by atoms with van der Waals surface area (Å²) in [6.07, 6.45) is 23.7. The summed E-state index contributed by atoms with van der Waals surface area (Å²) in [5.74, 6) is -4.99. The summed E-state index contributed by atoms with van der Waals surface area (Å²) in [5, 5.41) is 56.5. The van der Waals surface area contributed by atoms with Crippen molar-refractivity contribution >= 4 is 35.6 Å². The van der Waals surface area contributed by atoms with Gasteiger partial charge in [0.1, 0.15) is 51.4 Å². The minimum atomic E-state index is -1.67. The quantitative estimate of drug-likeness (QED) is 0.0337. The van der Waals surface area contributed by atoms with Gasteiger partial charge in [0.05, 0.1) is 11.2 Å². The third-order valence-corrected chi connectivity index (χ3v) is 20.2. The molecule has 0 aromatic heterocycles. The average molecular weight is 1260 g/mol. The number of carbonyl (C=O) groups is 6. The van der Waals surface area contributed by atoms with E-state index in [1.165, 1.54) is 24.1 Å². The summed E-state index contributed by atoms with van der Waals surface area (Å²) < 4.78 is 32.3. The van der Waals surface area contributed by atoms with Gasteiger partial charge in [0.15, 0.2) is 45.5 Å². The number of Topliss-reactive ketones (excluding diaryl/α,β-unsaturated/α-hetero) is 4. The van der Waals surface area contributed by atoms with Gasteiger partial charge >= 0.3 is 5.97 Å². The van der Waals surface area contributed by atoms with Crippen molar-refractivity contribution in [3.63, 3.8) is 0 Å². The van der Waals surface area contributed by atoms with Gasteiger partial charge in [0.25, 0.3) is 6.47 Å². The first-order chi connectivity index (χ1) is 43.1. The normalized spacial score (nSPS) is 27.4. The number of carboxylic acids is 1. The molecule has 92 heavy (non-hydrogen) atoms. The second kappa shape index (κ2) is 25.2. The van der Waals surface area contributed by atoms with Gasteiger partial charge in [-0.2, -0.15) is 0 Å². The van der Waals surface area contributed by atoms with Crippen LogP contribution in [-0.4, -0.2) is 94.7 Å². The number of rotatable bonds is 21. The lowest BCUT2D eigenvalue weighted by atomic mass is 9.51. The van der Waals surface area contributed by atoms with Crippen LogP contribution in [0.1, 0.15) is 205 Å². The van der Waals surface area contributed by atoms with Crippen LogP contribution in [0, 0.1) is 23.7 Å². The Hall–Kier alpha value is -7.82. The van der Waals surface area contributed by atoms with Crippen molar-refractivity contribution in [1.82, 2.24) is 0 Å². The second-order valence-electron chi connectivity index (χ2n) is 28.5. The number of allylic oxidation sites excluding steroid dienone is 15. The van der Waals surface area contributed by atoms with Crippen LogP contribution in [0.25, 0.3) is 0 Å². The molecule has 8 bridgehead atoms. The molecule has 0 radical (unpaired) electrons. The summed E-state index contributed by atoms with van der Waals surface area (Å²) >= 11 is 0. The van der Waals surface area contributed by atoms with Crippen LogP contribution in [0.3, 0.4) is 0 Å². The van der Waals surface area contributed by atoms with Gasteiger partial charge in [-0.05, 0) is 181 Å². The Morgan fingerprint density at radius 2 is 0.891 bits per heavy atom. The Bertz CT molecular complexity index is 3810. The molecule has 8 atom stereocenters. The lowest BCUT2D eigenvalue weighted by molar-refractivity contribution is -0.172. The molecule has 4 heterocycles. The van der Waals surface area contributed by atoms with Crippen molar-refractivity contribution in [1.29, 1.82) is 0 Å². The number of hydrogen-bond acceptors (Lipinski definition) is 15. The van der Waals surface area contributed by atoms with Gasteiger partial charge in [-0.3, -0.25) is 24.0 Å². The van der Waals surface area contributed by atoms with Crippen LogP contribution in [0.15, 0.2) is 117 Å². The van der Waals surface area contributed by atoms with E-state index in [0.717, 1.165) is 48.0 Å². The molecule has 2 saturated heterocycles. The molecule has 6 aliphatic carbocycles. The number of carbonyl (C=O) groups excluding carboxylic acids is 5. The molecule has 2 spiro atoms. The van der Waals surface area contributed by atoms with E-state index in [0.29, 0.717) is 41.8 Å². The minimum Gasteiger partial charge on any atom is -0.507 e. The zero-order valence-electron chi connectivity index (χ0n) is 56.4. The highest BCUT2D eigenvalue weighted by Gasteiger charge is 2.83. The highest BCUT2D eigenvalue weighted by Crippen LogP contribution is 2.70. The Labute approximate surface area is 540 Å². The van der Waals surface area contributed by atoms with Crippen molar-refractivity contribution in [3.05, 3.63) is 150 Å². The Morgan fingerprint density at radius 3 is 1.25 bits per heavy atom. The van der Waals surface area contributed by atoms with E-state index in [1.54, 1.807) is 25.2 Å². The minimum absolute atomic E-state index is 0.000733. The molecule has 2 unspecified atom stereocenters. The standard InChI is InChI=1S/2C38H46O8/c1-21(2)10-9-11-23(5)13-15-26-31(40)27(14-12-22(3)4)34-30(32(26)41)33(42)28-18-25-19-29-36(7,8)46-37(35(25)43,38(28,29)45-34)17-16-24(6)44-20-39;1-20(2)10-9-11-22(5)13-15-25-30(39)26(14-12-21(3)4)33-29(31(25)40)32(41)27-18-24-19-28-36(7,8)46-37(34(24)42,38(27,28)45-33)17-16-23(6)35(43)44/h10,12-13,16,18,20,25,29,40-41H,9,11,14-15,17,19H2,1-8H3;10,12-13,16,18,24,28,39-40H,9,11,14-15,17,19H2,1-8H3,(H,43,44)/b23-13+,24-16-;22-13+,23-16+/t25-,29?,37-,38-;24-,28?,37-,38-/m11/s1. The fourth-order valence-electron chi connectivity index (χ4n) is 15.6. The maximum absolute atomic E-state index is 14.7. The monoisotopic (exact) mass is 1260 g/mol. The molecular formula is C76H92O16. The van der Waals surface area contributed by atoms with Crippen molar-refractivity contribution in [3.8, 4) is 34.5 Å². The van der Waals surface area contributed by atoms with Crippen LogP contribution in [0.5, 0.6) is 34.5 Å². The fourth-order valence-corrected chi connectivity index (χ4v) is 15.6. The smallest absolute Gasteiger partial charge is 0.330 e. The Kier molecular flexibility index (Phi) is 18.8. The van der Waals surface area contributed by atoms with Crippen molar-refractivity contribution in [2.24, 2.45) is 23.7 Å². The van der Waals surface area contributed by atoms with E-state index >= 15 is 0 Å². The molecule has 5 N–H and O–H groups in total. The van der Waals surface area contributed by atoms with Crippen molar-refractivity contribution in [2.45, 2.75) is 221 Å². The van der Waals surface area contributed by atoms with E-state index in [2.05, 4.69) is 39.8 Å². The van der Waals surface area contributed by atoms with Crippen LogP contribution < -0.4 is 9.47 Å². The summed E-state index contributed by atoms with van der Waals surface area (Å²) in [6.45, 7) is 30.9. The van der Waals surface area contributed by atoms with E-state index in [9.17, 15) is 54.3 Å². The number of benzene rings is 2. The number of hydrogen-bond donors (Lipinski definition) is 5. The lowest BCUT2D eigenvalue weighted by Crippen LogP contribution is -2.72. The lowest BCUT2D eigenvalue weighted by Gasteiger charge is -2.56. The number of aromatic hydroxyl groups is 4. The largest absolute Gasteiger partial charge is 0.507 e. The highest BCUT2D eigenvalue weighted by molar-refractivity contribution is 6.20. The molecule has 10 aliphatic rings. The van der Waals surface area contributed by atoms with Gasteiger partial charge in [-0.1, -0.05) is 88.1 Å². The Morgan fingerprint density at radius 1 is 0.522 bits per heavy atom. The summed E-state index contributed by atoms with van der Waals surface area (Å²) in [4.78, 5) is 80.5. The van der Waals surface area contributed by atoms with Crippen LogP contribution in [0.2, 0.25) is 0 Å². The number of phenolic OH excluding ortho intramolecular Hbond substituents is 4. The summed E-state index contributed by atoms with van der Waals surface area (Å²) in [6, 6.07) is 0. The zero-order chi connectivity index (χ0) is 67.7. The summed E-state index contributed by atoms with van der Waals surface area (Å²) in [5.41, 5.74) is 0.407. The number of ketones is 4. The molecule has 2 aromatic carbocycles. The maximum atomic E-state index is 14.7. The highest BCUT2D eigenvalue weighted by atomic mass is 16.6. The predicted octanol–water partition coefficient (Wildman–Crippen LogP) is 14.6. The predicted molar refractivity (Wildman–Crippen MR) is 350 cm³/mol. The average Bonchev–Trinajstić information content (AvgIpc) is 1.43. The van der Waals surface area contributed by atoms with E-state index in [4.69, 9.17) is 23.7 Å². The molecule has 0 amide bonds. The van der Waals surface area contributed by atoms with Gasteiger partial charge in [-0.15, -0.1) is 0 Å². The van der Waals surface area contributed by atoms with E-state index < -0.39 is 68.9 Å². The maximum Gasteiger partial charge on any atom is 0.330 e. The topological polar surface area (TPSA) is 250 Å². The van der Waals surface area contributed by atoms with Gasteiger partial charge in [0, 0.05) is 75.5 Å². The van der Waals surface area contributed by atoms with Crippen LogP contribution >= 0.6 is 0 Å². The molecular weight excluding hydrogens is 1170 g/mol. The number of fused-ring (bicyclic) bond motifs is 2. The van der Waals surface area contributed by atoms with Gasteiger partial charge < -0.3 is 49.2 Å². The SMILES string of the molecule is CC(C)=CCC/C(C)=C/Cc1c(O)c(CC=C(C)C)c2c(c1O)C(=O)C1=C[C@@H]3CC4C(C)(C)O[C@](C/C=C(/C)OC=O)(C3=O)[C@@]14O2.CC(C)=CCC/C(C)=C/Cc1c(O)c(CC=C(C)C)c2c(c1O)C(=O)C1=C[C@@H]3CC4C(C)(C)O[C@](C/C=C(\C)C(=O)O)(C3=O)[C@@]14O2. The fraction of sp³-hybridized carbons (Fsp3) is 0.500. The molecule has 492 valence electrons. The van der Waals surface area contributed by atoms with Gasteiger partial charge in [0.2, 0.25) is 0 Å². The van der Waals surface area contributed by atoms with Crippen molar-refractivity contribution in [2.75, 3.05) is 0 Å². The molecule has 12 rings (SSSR count). The molecule has 2 aromatic rings. The van der Waals surface area contributed by atoms with Crippen molar-refractivity contribution < 1.29 is 78.0 Å². The molecule has 4 aliphatic heterocycles. The number of aliphatic carboxylic acids is 1. The van der Waals surface area contributed by atoms with Crippen LogP contribution in [0.4, 0.5) is 0 Å². The molecule has 4 fully saturated rings. The summed E-state index contributed by atoms with van der Waals surface area (Å²) in [7, 11) is 0. The first-order valence-corrected chi connectivity index (χ1v) is 32.2. The molecule has 2 saturated carbocycles. The van der Waals surface area contributed by atoms with Gasteiger partial charge in [-0.25, -0.2) is 4.79 Å². The first kappa shape index (κ1) is 68.5. The third-order valence-electron chi connectivity index (χ3n) is 20.2. The second-order valence-corrected chi connectivity index (χ2v) is 28.5. The van der Waals surface area contributed by atoms with E-state index in [1.807, 2.05) is 93.5 Å². The zero-order valence-corrected chi connectivity index (χ0v) is 56.4. The number of ether oxygens (including phenoxy) is 5. The first-order valence-electron chi connectivity index (χ1n) is 32.2. The molecule has 16 heteroatoms. The Balaban J connectivity index is 0.000000217. The number of carboxylic acid groups (broad SMARTS) is 1. The van der Waals surface area contributed by atoms with Crippen LogP contribution in [-0.2, 0) is 59.1 Å². The number of phenols is 4. The third kappa shape index (κ3) is 11.3.